The predicted octanol–water partition coefficient (Wildman–Crippen LogP) is -0.0735. The van der Waals surface area contributed by atoms with Crippen LogP contribution >= 0.6 is 0 Å². The van der Waals surface area contributed by atoms with Gasteiger partial charge in [0.1, 0.15) is 0 Å². The van der Waals surface area contributed by atoms with Gasteiger partial charge in [0.05, 0.1) is 18.8 Å². The monoisotopic (exact) mass is 170 g/mol. The fraction of sp³-hybridized carbons (Fsp3) is 1.00. The highest BCUT2D eigenvalue weighted by Crippen LogP contribution is 2.32. The quantitative estimate of drug-likeness (QED) is 0.627. The van der Waals surface area contributed by atoms with Crippen LogP contribution in [0.4, 0.5) is 0 Å². The van der Waals surface area contributed by atoms with Gasteiger partial charge in [-0.25, -0.2) is 0 Å². The van der Waals surface area contributed by atoms with Gasteiger partial charge in [-0.1, -0.05) is 0 Å². The van der Waals surface area contributed by atoms with Crippen LogP contribution in [0.3, 0.4) is 0 Å². The number of likely N-dealkylation sites (tertiary alicyclic amines) is 1. The molecule has 0 aromatic heterocycles. The summed E-state index contributed by atoms with van der Waals surface area (Å²) in [4.78, 5) is 2.40. The summed E-state index contributed by atoms with van der Waals surface area (Å²) < 4.78 is 5.30. The zero-order chi connectivity index (χ0) is 8.60. The van der Waals surface area contributed by atoms with Crippen LogP contribution in [-0.2, 0) is 4.74 Å². The molecule has 0 aromatic rings. The van der Waals surface area contributed by atoms with Gasteiger partial charge in [0.15, 0.2) is 0 Å². The lowest BCUT2D eigenvalue weighted by atomic mass is 9.81. The van der Waals surface area contributed by atoms with Gasteiger partial charge in [-0.2, -0.15) is 0 Å². The smallest absolute Gasteiger partial charge is 0.0692 e. The van der Waals surface area contributed by atoms with Crippen molar-refractivity contribution in [3.63, 3.8) is 0 Å². The van der Waals surface area contributed by atoms with Crippen LogP contribution in [0.15, 0.2) is 0 Å². The van der Waals surface area contributed by atoms with Gasteiger partial charge in [0.25, 0.3) is 0 Å². The third-order valence-corrected chi connectivity index (χ3v) is 3.39. The first-order chi connectivity index (χ1) is 5.77. The zero-order valence-electron chi connectivity index (χ0n) is 7.97. The molecule has 2 aliphatic rings. The van der Waals surface area contributed by atoms with Crippen LogP contribution in [0.25, 0.3) is 0 Å². The predicted molar refractivity (Wildman–Crippen MR) is 48.2 cm³/mol. The molecule has 0 aromatic carbocycles. The first-order valence-electron chi connectivity index (χ1n) is 4.72. The van der Waals surface area contributed by atoms with Crippen molar-refractivity contribution in [3.8, 4) is 0 Å². The molecule has 0 spiro atoms. The minimum atomic E-state index is 0.310. The Labute approximate surface area is 74.1 Å². The molecule has 70 valence electrons. The fourth-order valence-electron chi connectivity index (χ4n) is 2.29. The summed E-state index contributed by atoms with van der Waals surface area (Å²) in [6.07, 6.45) is 1.32. The first-order valence-corrected chi connectivity index (χ1v) is 4.72. The minimum absolute atomic E-state index is 0.310. The zero-order valence-corrected chi connectivity index (χ0v) is 7.97. The highest BCUT2D eigenvalue weighted by molar-refractivity contribution is 5.01. The number of nitrogens with zero attached hydrogens (tertiary/aromatic N) is 1. The molecule has 12 heavy (non-hydrogen) atoms. The lowest BCUT2D eigenvalue weighted by Gasteiger charge is -2.45. The molecule has 0 aliphatic carbocycles. The molecule has 1 unspecified atom stereocenters. The molecular weight excluding hydrogens is 152 g/mol. The molecule has 0 amide bonds. The second kappa shape index (κ2) is 2.98. The summed E-state index contributed by atoms with van der Waals surface area (Å²) >= 11 is 0. The van der Waals surface area contributed by atoms with Crippen molar-refractivity contribution in [1.29, 1.82) is 0 Å². The Morgan fingerprint density at radius 2 is 2.25 bits per heavy atom. The highest BCUT2D eigenvalue weighted by atomic mass is 16.5. The average molecular weight is 170 g/mol. The molecular formula is C9H18N2O. The molecule has 0 bridgehead atoms. The van der Waals surface area contributed by atoms with Crippen LogP contribution in [0.1, 0.15) is 6.42 Å². The van der Waals surface area contributed by atoms with Crippen LogP contribution in [0, 0.1) is 5.92 Å². The van der Waals surface area contributed by atoms with E-state index in [-0.39, 0.29) is 0 Å². The van der Waals surface area contributed by atoms with E-state index in [2.05, 4.69) is 24.3 Å². The lowest BCUT2D eigenvalue weighted by Crippen LogP contribution is -2.64. The van der Waals surface area contributed by atoms with Crippen molar-refractivity contribution in [1.82, 2.24) is 10.2 Å². The molecule has 1 N–H and O–H groups in total. The molecule has 2 fully saturated rings. The summed E-state index contributed by atoms with van der Waals surface area (Å²) in [5.74, 6) is 0.793. The number of rotatable bonds is 2. The second-order valence-electron chi connectivity index (χ2n) is 4.15. The Bertz CT molecular complexity index is 162. The van der Waals surface area contributed by atoms with E-state index in [1.54, 1.807) is 0 Å². The van der Waals surface area contributed by atoms with Crippen molar-refractivity contribution in [2.24, 2.45) is 5.92 Å². The molecule has 2 rings (SSSR count). The van der Waals surface area contributed by atoms with Gasteiger partial charge in [-0.3, -0.25) is 0 Å². The third-order valence-electron chi connectivity index (χ3n) is 3.39. The van der Waals surface area contributed by atoms with Crippen LogP contribution < -0.4 is 5.32 Å². The number of ether oxygens (including phenoxy) is 1. The van der Waals surface area contributed by atoms with E-state index in [1.165, 1.54) is 19.5 Å². The Morgan fingerprint density at radius 1 is 1.50 bits per heavy atom. The maximum atomic E-state index is 5.30. The lowest BCUT2D eigenvalue weighted by molar-refractivity contribution is -0.0982. The van der Waals surface area contributed by atoms with Gasteiger partial charge in [-0.05, 0) is 33.0 Å². The van der Waals surface area contributed by atoms with E-state index in [4.69, 9.17) is 4.74 Å². The largest absolute Gasteiger partial charge is 0.377 e. The molecule has 2 aliphatic heterocycles. The van der Waals surface area contributed by atoms with Crippen LogP contribution in [0.2, 0.25) is 0 Å². The van der Waals surface area contributed by atoms with E-state index in [0.717, 1.165) is 19.1 Å². The molecule has 0 radical (unpaired) electrons. The van der Waals surface area contributed by atoms with Gasteiger partial charge >= 0.3 is 0 Å². The Morgan fingerprint density at radius 3 is 2.58 bits per heavy atom. The molecule has 3 heteroatoms. The van der Waals surface area contributed by atoms with E-state index >= 15 is 0 Å². The summed E-state index contributed by atoms with van der Waals surface area (Å²) in [5, 5.41) is 3.43. The first kappa shape index (κ1) is 8.48. The molecule has 2 saturated heterocycles. The van der Waals surface area contributed by atoms with Gasteiger partial charge in [0.2, 0.25) is 0 Å². The summed E-state index contributed by atoms with van der Waals surface area (Å²) in [5.41, 5.74) is 0.310. The second-order valence-corrected chi connectivity index (χ2v) is 4.15. The van der Waals surface area contributed by atoms with Crippen molar-refractivity contribution in [3.05, 3.63) is 0 Å². The maximum Gasteiger partial charge on any atom is 0.0692 e. The number of hydrogen-bond donors (Lipinski definition) is 1. The van der Waals surface area contributed by atoms with Gasteiger partial charge in [0, 0.05) is 6.54 Å². The maximum absolute atomic E-state index is 5.30. The standard InChI is InChI=1S/C9H18N2O/c1-10-9(6-12-7-9)8-3-4-11(2)5-8/h8,10H,3-7H2,1-2H3. The summed E-state index contributed by atoms with van der Waals surface area (Å²) in [6, 6.07) is 0. The van der Waals surface area contributed by atoms with Crippen molar-refractivity contribution in [2.45, 2.75) is 12.0 Å². The van der Waals surface area contributed by atoms with Gasteiger partial charge in [-0.15, -0.1) is 0 Å². The van der Waals surface area contributed by atoms with Crippen molar-refractivity contribution < 1.29 is 4.74 Å². The van der Waals surface area contributed by atoms with Gasteiger partial charge < -0.3 is 15.0 Å². The Kier molecular flexibility index (Phi) is 2.10. The molecule has 0 saturated carbocycles. The van der Waals surface area contributed by atoms with E-state index < -0.39 is 0 Å². The summed E-state index contributed by atoms with van der Waals surface area (Å²) in [6.45, 7) is 4.28. The topological polar surface area (TPSA) is 24.5 Å². The summed E-state index contributed by atoms with van der Waals surface area (Å²) in [7, 11) is 4.25. The third kappa shape index (κ3) is 1.16. The highest BCUT2D eigenvalue weighted by Gasteiger charge is 2.46. The average Bonchev–Trinajstić information content (AvgIpc) is 2.35. The number of nitrogens with one attached hydrogen (secondary N) is 1. The molecule has 3 nitrogen and oxygen atoms in total. The van der Waals surface area contributed by atoms with E-state index in [1.807, 2.05) is 0 Å². The minimum Gasteiger partial charge on any atom is -0.377 e. The van der Waals surface area contributed by atoms with E-state index in [9.17, 15) is 0 Å². The number of likely N-dealkylation sites (N-methyl/N-ethyl adjacent to an activating group) is 1. The van der Waals surface area contributed by atoms with Crippen molar-refractivity contribution >= 4 is 0 Å². The molecule has 2 heterocycles. The van der Waals surface area contributed by atoms with Crippen LogP contribution in [-0.4, -0.2) is 50.8 Å². The Hall–Kier alpha value is -0.120. The Balaban J connectivity index is 1.98. The van der Waals surface area contributed by atoms with Crippen molar-refractivity contribution in [2.75, 3.05) is 40.4 Å². The van der Waals surface area contributed by atoms with Crippen LogP contribution in [0.5, 0.6) is 0 Å². The normalized spacial score (nSPS) is 35.0. The van der Waals surface area contributed by atoms with E-state index in [0.29, 0.717) is 5.54 Å². The number of hydrogen-bond acceptors (Lipinski definition) is 3. The SMILES string of the molecule is CNC1(C2CCN(C)C2)COC1. The molecule has 1 atom stereocenters. The fourth-order valence-corrected chi connectivity index (χ4v) is 2.29.